The molecule has 2 aliphatic rings. The Morgan fingerprint density at radius 1 is 0.960 bits per heavy atom. The number of hydrogen-bond donors (Lipinski definition) is 1. The Hall–Kier alpha value is -1.84. The number of rotatable bonds is 3. The topological polar surface area (TPSA) is 46.9 Å². The average Bonchev–Trinajstić information content (AvgIpc) is 3.25. The minimum Gasteiger partial charge on any atom is -0.349 e. The zero-order valence-corrected chi connectivity index (χ0v) is 15.0. The third kappa shape index (κ3) is 3.73. The molecule has 0 unspecified atom stereocenters. The molecule has 0 bridgehead atoms. The Balaban J connectivity index is 1.48. The number of benzene rings is 1. The summed E-state index contributed by atoms with van der Waals surface area (Å²) in [6.07, 6.45) is 15.7. The van der Waals surface area contributed by atoms with E-state index < -0.39 is 0 Å². The van der Waals surface area contributed by atoms with Crippen LogP contribution in [0.3, 0.4) is 0 Å². The molecule has 4 heteroatoms. The van der Waals surface area contributed by atoms with Crippen LogP contribution in [0.1, 0.15) is 87.0 Å². The van der Waals surface area contributed by atoms with Gasteiger partial charge in [-0.15, -0.1) is 0 Å². The van der Waals surface area contributed by atoms with Crippen molar-refractivity contribution in [3.63, 3.8) is 0 Å². The lowest BCUT2D eigenvalue weighted by Crippen LogP contribution is -2.35. The highest BCUT2D eigenvalue weighted by Crippen LogP contribution is 2.32. The van der Waals surface area contributed by atoms with Gasteiger partial charge in [0.1, 0.15) is 0 Å². The van der Waals surface area contributed by atoms with Crippen molar-refractivity contribution in [2.45, 2.75) is 82.7 Å². The number of imidazole rings is 1. The summed E-state index contributed by atoms with van der Waals surface area (Å²) in [6.45, 7) is 0. The van der Waals surface area contributed by atoms with E-state index in [0.29, 0.717) is 12.1 Å². The van der Waals surface area contributed by atoms with E-state index in [1.807, 2.05) is 18.5 Å². The van der Waals surface area contributed by atoms with Crippen molar-refractivity contribution in [1.29, 1.82) is 0 Å². The summed E-state index contributed by atoms with van der Waals surface area (Å²) in [5.41, 5.74) is 2.85. The number of nitrogens with one attached hydrogen (secondary N) is 1. The third-order valence-corrected chi connectivity index (χ3v) is 6.00. The first kappa shape index (κ1) is 16.6. The van der Waals surface area contributed by atoms with Gasteiger partial charge in [0.15, 0.2) is 0 Å². The highest BCUT2D eigenvalue weighted by Gasteiger charge is 2.20. The molecule has 2 saturated carbocycles. The van der Waals surface area contributed by atoms with Crippen LogP contribution in [0, 0.1) is 0 Å². The molecule has 0 saturated heterocycles. The Morgan fingerprint density at radius 3 is 2.40 bits per heavy atom. The maximum Gasteiger partial charge on any atom is 0.251 e. The van der Waals surface area contributed by atoms with E-state index in [9.17, 15) is 4.79 Å². The maximum atomic E-state index is 12.7. The van der Waals surface area contributed by atoms with E-state index in [1.165, 1.54) is 57.8 Å². The van der Waals surface area contributed by atoms with Crippen LogP contribution < -0.4 is 5.32 Å². The Bertz CT molecular complexity index is 722. The first-order valence-corrected chi connectivity index (χ1v) is 10.1. The van der Waals surface area contributed by atoms with Crippen LogP contribution in [0.4, 0.5) is 0 Å². The minimum absolute atomic E-state index is 0.0582. The quantitative estimate of drug-likeness (QED) is 0.856. The molecule has 1 aromatic carbocycles. The van der Waals surface area contributed by atoms with Crippen molar-refractivity contribution in [2.75, 3.05) is 0 Å². The number of hydrogen-bond acceptors (Lipinski definition) is 2. The molecular weight excluding hydrogens is 310 g/mol. The van der Waals surface area contributed by atoms with Crippen LogP contribution in [0.15, 0.2) is 24.5 Å². The standard InChI is InChI=1S/C21H29N3O/c25-21(23-17-8-4-2-1-3-5-9-17)16-12-13-20-19(14-16)22-15-24(20)18-10-6-7-11-18/h12-15,17-18H,1-11H2,(H,23,25). The summed E-state index contributed by atoms with van der Waals surface area (Å²) in [5, 5.41) is 3.26. The zero-order chi connectivity index (χ0) is 17.1. The lowest BCUT2D eigenvalue weighted by atomic mass is 9.96. The van der Waals surface area contributed by atoms with Crippen LogP contribution in [0.5, 0.6) is 0 Å². The molecule has 134 valence electrons. The molecule has 0 aliphatic heterocycles. The van der Waals surface area contributed by atoms with Crippen molar-refractivity contribution in [2.24, 2.45) is 0 Å². The summed E-state index contributed by atoms with van der Waals surface area (Å²) in [6, 6.07) is 6.92. The molecule has 25 heavy (non-hydrogen) atoms. The van der Waals surface area contributed by atoms with Gasteiger partial charge in [0, 0.05) is 17.6 Å². The number of aromatic nitrogens is 2. The summed E-state index contributed by atoms with van der Waals surface area (Å²) < 4.78 is 2.30. The molecule has 2 aliphatic carbocycles. The van der Waals surface area contributed by atoms with Crippen molar-refractivity contribution in [1.82, 2.24) is 14.9 Å². The molecule has 4 nitrogen and oxygen atoms in total. The fourth-order valence-corrected chi connectivity index (χ4v) is 4.52. The number of carbonyl (C=O) groups excluding carboxylic acids is 1. The predicted molar refractivity (Wildman–Crippen MR) is 101 cm³/mol. The van der Waals surface area contributed by atoms with Gasteiger partial charge in [0.05, 0.1) is 17.4 Å². The van der Waals surface area contributed by atoms with Crippen LogP contribution in [-0.2, 0) is 0 Å². The Morgan fingerprint density at radius 2 is 1.64 bits per heavy atom. The van der Waals surface area contributed by atoms with E-state index in [4.69, 9.17) is 0 Å². The smallest absolute Gasteiger partial charge is 0.251 e. The molecule has 1 aromatic heterocycles. The van der Waals surface area contributed by atoms with Gasteiger partial charge < -0.3 is 9.88 Å². The van der Waals surface area contributed by atoms with E-state index >= 15 is 0 Å². The molecule has 1 amide bonds. The van der Waals surface area contributed by atoms with Crippen LogP contribution >= 0.6 is 0 Å². The third-order valence-electron chi connectivity index (χ3n) is 6.00. The first-order chi connectivity index (χ1) is 12.3. The minimum atomic E-state index is 0.0582. The maximum absolute atomic E-state index is 12.7. The lowest BCUT2D eigenvalue weighted by molar-refractivity contribution is 0.0930. The second-order valence-corrected chi connectivity index (χ2v) is 7.81. The van der Waals surface area contributed by atoms with E-state index in [2.05, 4.69) is 20.9 Å². The Labute approximate surface area is 150 Å². The normalized spacial score (nSPS) is 20.5. The second-order valence-electron chi connectivity index (χ2n) is 7.81. The first-order valence-electron chi connectivity index (χ1n) is 10.1. The van der Waals surface area contributed by atoms with E-state index in [0.717, 1.165) is 29.4 Å². The average molecular weight is 339 g/mol. The molecule has 2 fully saturated rings. The molecule has 1 N–H and O–H groups in total. The van der Waals surface area contributed by atoms with E-state index in [-0.39, 0.29) is 5.91 Å². The van der Waals surface area contributed by atoms with Crippen LogP contribution in [-0.4, -0.2) is 21.5 Å². The van der Waals surface area contributed by atoms with Gasteiger partial charge in [-0.3, -0.25) is 4.79 Å². The van der Waals surface area contributed by atoms with Crippen LogP contribution in [0.25, 0.3) is 11.0 Å². The van der Waals surface area contributed by atoms with Crippen molar-refractivity contribution in [3.8, 4) is 0 Å². The number of nitrogens with zero attached hydrogens (tertiary/aromatic N) is 2. The van der Waals surface area contributed by atoms with E-state index in [1.54, 1.807) is 0 Å². The van der Waals surface area contributed by atoms with Gasteiger partial charge in [-0.05, 0) is 43.9 Å². The highest BCUT2D eigenvalue weighted by atomic mass is 16.1. The summed E-state index contributed by atoms with van der Waals surface area (Å²) in [7, 11) is 0. The summed E-state index contributed by atoms with van der Waals surface area (Å²) in [4.78, 5) is 17.2. The van der Waals surface area contributed by atoms with Gasteiger partial charge >= 0.3 is 0 Å². The largest absolute Gasteiger partial charge is 0.349 e. The number of carbonyl (C=O) groups is 1. The van der Waals surface area contributed by atoms with Gasteiger partial charge in [0.25, 0.3) is 5.91 Å². The summed E-state index contributed by atoms with van der Waals surface area (Å²) in [5.74, 6) is 0.0582. The number of amides is 1. The molecule has 1 heterocycles. The monoisotopic (exact) mass is 339 g/mol. The van der Waals surface area contributed by atoms with Gasteiger partial charge in [-0.2, -0.15) is 0 Å². The molecule has 0 spiro atoms. The van der Waals surface area contributed by atoms with Gasteiger partial charge in [-0.1, -0.05) is 44.9 Å². The second kappa shape index (κ2) is 7.59. The SMILES string of the molecule is O=C(NC1CCCCCCC1)c1ccc2c(c1)ncn2C1CCCC1. The van der Waals surface area contributed by atoms with Crippen molar-refractivity contribution >= 4 is 16.9 Å². The predicted octanol–water partition coefficient (Wildman–Crippen LogP) is 4.99. The molecular formula is C21H29N3O. The molecule has 0 atom stereocenters. The van der Waals surface area contributed by atoms with Gasteiger partial charge in [0.2, 0.25) is 0 Å². The van der Waals surface area contributed by atoms with Crippen molar-refractivity contribution in [3.05, 3.63) is 30.1 Å². The fraction of sp³-hybridized carbons (Fsp3) is 0.619. The lowest BCUT2D eigenvalue weighted by Gasteiger charge is -2.21. The summed E-state index contributed by atoms with van der Waals surface area (Å²) >= 11 is 0. The fourth-order valence-electron chi connectivity index (χ4n) is 4.52. The van der Waals surface area contributed by atoms with Crippen LogP contribution in [0.2, 0.25) is 0 Å². The molecule has 0 radical (unpaired) electrons. The zero-order valence-electron chi connectivity index (χ0n) is 15.0. The Kier molecular flexibility index (Phi) is 5.04. The highest BCUT2D eigenvalue weighted by molar-refractivity contribution is 5.97. The number of fused-ring (bicyclic) bond motifs is 1. The molecule has 2 aromatic rings. The van der Waals surface area contributed by atoms with Crippen molar-refractivity contribution < 1.29 is 4.79 Å². The van der Waals surface area contributed by atoms with Gasteiger partial charge in [-0.25, -0.2) is 4.98 Å². The molecule has 4 rings (SSSR count).